The molecule has 34 heavy (non-hydrogen) atoms. The first-order chi connectivity index (χ1) is 16.4. The number of benzene rings is 2. The normalized spacial score (nSPS) is 15.2. The Morgan fingerprint density at radius 1 is 0.912 bits per heavy atom. The topological polar surface area (TPSA) is 136 Å². The molecule has 2 aromatic rings. The van der Waals surface area contributed by atoms with E-state index in [2.05, 4.69) is 15.3 Å². The van der Waals surface area contributed by atoms with E-state index in [9.17, 15) is 19.2 Å². The maximum absolute atomic E-state index is 12.9. The Morgan fingerprint density at radius 2 is 1.59 bits per heavy atom. The summed E-state index contributed by atoms with van der Waals surface area (Å²) < 4.78 is 14.6. The van der Waals surface area contributed by atoms with Gasteiger partial charge in [-0.1, -0.05) is 18.2 Å². The summed E-state index contributed by atoms with van der Waals surface area (Å²) in [7, 11) is 0. The molecule has 0 aliphatic carbocycles. The summed E-state index contributed by atoms with van der Waals surface area (Å²) in [5, 5.41) is 13.2. The molecule has 1 aliphatic heterocycles. The van der Waals surface area contributed by atoms with Crippen molar-refractivity contribution in [2.75, 3.05) is 24.8 Å². The Hall–Kier alpha value is -4.41. The van der Waals surface area contributed by atoms with E-state index in [-0.39, 0.29) is 24.5 Å². The van der Waals surface area contributed by atoms with E-state index in [4.69, 9.17) is 14.2 Å². The molecular weight excluding hydrogens is 444 g/mol. The molecule has 1 unspecified atom stereocenters. The van der Waals surface area contributed by atoms with E-state index in [0.29, 0.717) is 11.4 Å². The third-order valence-electron chi connectivity index (χ3n) is 4.41. The van der Waals surface area contributed by atoms with Gasteiger partial charge < -0.3 is 14.2 Å². The van der Waals surface area contributed by atoms with Crippen LogP contribution in [0.4, 0.5) is 11.4 Å². The molecule has 176 valence electrons. The van der Waals surface area contributed by atoms with Gasteiger partial charge in [0.15, 0.2) is 12.3 Å². The van der Waals surface area contributed by atoms with Gasteiger partial charge in [-0.25, -0.2) is 14.4 Å². The molecule has 1 amide bonds. The number of carbonyl (C=O) groups is 4. The van der Waals surface area contributed by atoms with Crippen molar-refractivity contribution < 1.29 is 33.4 Å². The third-order valence-corrected chi connectivity index (χ3v) is 4.41. The maximum atomic E-state index is 12.9. The first-order valence-corrected chi connectivity index (χ1v) is 10.4. The number of amides is 1. The summed E-state index contributed by atoms with van der Waals surface area (Å²) in [5.41, 5.74) is 0.789. The van der Waals surface area contributed by atoms with Gasteiger partial charge in [0.2, 0.25) is 6.04 Å². The van der Waals surface area contributed by atoms with Gasteiger partial charge in [0.25, 0.3) is 5.91 Å². The van der Waals surface area contributed by atoms with Crippen molar-refractivity contribution in [3.63, 3.8) is 0 Å². The predicted octanol–water partition coefficient (Wildman–Crippen LogP) is 2.82. The number of hydrazone groups is 1. The lowest BCUT2D eigenvalue weighted by Gasteiger charge is -2.11. The lowest BCUT2D eigenvalue weighted by molar-refractivity contribution is -0.146. The quantitative estimate of drug-likeness (QED) is 0.315. The van der Waals surface area contributed by atoms with Crippen LogP contribution in [0.25, 0.3) is 0 Å². The van der Waals surface area contributed by atoms with Crippen LogP contribution in [0, 0.1) is 0 Å². The first-order valence-electron chi connectivity index (χ1n) is 10.4. The molecule has 1 atom stereocenters. The van der Waals surface area contributed by atoms with Gasteiger partial charge in [-0.2, -0.15) is 20.3 Å². The highest BCUT2D eigenvalue weighted by Crippen LogP contribution is 2.24. The number of hydrogen-bond donors (Lipinski definition) is 0. The minimum absolute atomic E-state index is 0.106. The van der Waals surface area contributed by atoms with Crippen LogP contribution in [-0.2, 0) is 28.6 Å². The fraction of sp³-hybridized carbons (Fsp3) is 0.261. The smallest absolute Gasteiger partial charge is 0.357 e. The highest BCUT2D eigenvalue weighted by atomic mass is 16.6. The molecule has 1 heterocycles. The fourth-order valence-electron chi connectivity index (χ4n) is 2.86. The number of carbonyl (C=O) groups excluding carboxylic acids is 4. The van der Waals surface area contributed by atoms with Crippen LogP contribution >= 0.6 is 0 Å². The molecule has 0 saturated carbocycles. The van der Waals surface area contributed by atoms with Crippen molar-refractivity contribution in [2.45, 2.75) is 19.9 Å². The average Bonchev–Trinajstić information content (AvgIpc) is 3.18. The summed E-state index contributed by atoms with van der Waals surface area (Å²) >= 11 is 0. The summed E-state index contributed by atoms with van der Waals surface area (Å²) in [6.45, 7) is 3.08. The molecule has 0 spiro atoms. The highest BCUT2D eigenvalue weighted by molar-refractivity contribution is 6.46. The van der Waals surface area contributed by atoms with Crippen molar-refractivity contribution in [2.24, 2.45) is 15.3 Å². The average molecular weight is 466 g/mol. The van der Waals surface area contributed by atoms with Gasteiger partial charge in [-0.15, -0.1) is 0 Å². The van der Waals surface area contributed by atoms with Crippen molar-refractivity contribution in [3.8, 4) is 0 Å². The summed E-state index contributed by atoms with van der Waals surface area (Å²) in [4.78, 5) is 48.6. The number of rotatable bonds is 9. The van der Waals surface area contributed by atoms with Crippen LogP contribution in [0.5, 0.6) is 0 Å². The van der Waals surface area contributed by atoms with Crippen LogP contribution in [0.2, 0.25) is 0 Å². The molecule has 0 aromatic heterocycles. The van der Waals surface area contributed by atoms with E-state index < -0.39 is 36.5 Å². The number of nitrogens with zero attached hydrogens (tertiary/aromatic N) is 4. The number of hydrogen-bond acceptors (Lipinski definition) is 10. The number of anilines is 1. The molecule has 0 N–H and O–H groups in total. The molecular formula is C23H22N4O7. The highest BCUT2D eigenvalue weighted by Gasteiger charge is 2.41. The Morgan fingerprint density at radius 3 is 2.24 bits per heavy atom. The van der Waals surface area contributed by atoms with Gasteiger partial charge in [-0.05, 0) is 50.2 Å². The monoisotopic (exact) mass is 466 g/mol. The second-order valence-electron chi connectivity index (χ2n) is 6.74. The van der Waals surface area contributed by atoms with Crippen molar-refractivity contribution >= 4 is 40.9 Å². The van der Waals surface area contributed by atoms with Crippen LogP contribution in [0.1, 0.15) is 24.2 Å². The van der Waals surface area contributed by atoms with Gasteiger partial charge in [-0.3, -0.25) is 4.79 Å². The minimum Gasteiger partial charge on any atom is -0.463 e. The van der Waals surface area contributed by atoms with E-state index in [1.807, 2.05) is 0 Å². The van der Waals surface area contributed by atoms with E-state index in [1.165, 1.54) is 24.3 Å². The molecule has 11 nitrogen and oxygen atoms in total. The summed E-state index contributed by atoms with van der Waals surface area (Å²) in [5.74, 6) is -2.68. The SMILES string of the molecule is CCOC(=O)COC(=O)c1ccc(N=NC2C(=O)N(c3ccccc3)N=C2C(=O)OCC)cc1. The largest absolute Gasteiger partial charge is 0.463 e. The lowest BCUT2D eigenvalue weighted by Crippen LogP contribution is -2.33. The Bertz CT molecular complexity index is 1110. The van der Waals surface area contributed by atoms with Gasteiger partial charge in [0.05, 0.1) is 30.2 Å². The third kappa shape index (κ3) is 5.88. The lowest BCUT2D eigenvalue weighted by atomic mass is 10.2. The Balaban J connectivity index is 1.73. The zero-order valence-electron chi connectivity index (χ0n) is 18.5. The van der Waals surface area contributed by atoms with E-state index >= 15 is 0 Å². The molecule has 2 aromatic carbocycles. The molecule has 11 heteroatoms. The number of para-hydroxylation sites is 1. The summed E-state index contributed by atoms with van der Waals surface area (Å²) in [6.07, 6.45) is 0. The van der Waals surface area contributed by atoms with Crippen molar-refractivity contribution in [1.82, 2.24) is 0 Å². The number of azo groups is 1. The molecule has 0 saturated heterocycles. The van der Waals surface area contributed by atoms with Crippen LogP contribution in [-0.4, -0.2) is 55.4 Å². The van der Waals surface area contributed by atoms with Gasteiger partial charge in [0.1, 0.15) is 0 Å². The Kier molecular flexibility index (Phi) is 8.16. The predicted molar refractivity (Wildman–Crippen MR) is 120 cm³/mol. The number of esters is 3. The van der Waals surface area contributed by atoms with E-state index in [0.717, 1.165) is 5.01 Å². The molecule has 0 radical (unpaired) electrons. The molecule has 0 fully saturated rings. The van der Waals surface area contributed by atoms with Crippen LogP contribution in [0.15, 0.2) is 69.9 Å². The maximum Gasteiger partial charge on any atom is 0.357 e. The molecule has 0 bridgehead atoms. The second kappa shape index (κ2) is 11.5. The standard InChI is InChI=1S/C23H22N4O7/c1-3-32-18(28)14-34-22(30)15-10-12-16(13-11-15)24-25-19-20(23(31)33-4-2)26-27(21(19)29)17-8-6-5-7-9-17/h5-13,19H,3-4,14H2,1-2H3. The number of ether oxygens (including phenoxy) is 3. The zero-order chi connectivity index (χ0) is 24.5. The van der Waals surface area contributed by atoms with Gasteiger partial charge in [0, 0.05) is 0 Å². The zero-order valence-corrected chi connectivity index (χ0v) is 18.5. The second-order valence-corrected chi connectivity index (χ2v) is 6.74. The van der Waals surface area contributed by atoms with Crippen molar-refractivity contribution in [1.29, 1.82) is 0 Å². The molecule has 3 rings (SSSR count). The molecule has 1 aliphatic rings. The fourth-order valence-corrected chi connectivity index (χ4v) is 2.86. The van der Waals surface area contributed by atoms with Gasteiger partial charge >= 0.3 is 17.9 Å². The minimum atomic E-state index is -1.28. The first kappa shape index (κ1) is 24.2. The van der Waals surface area contributed by atoms with Crippen LogP contribution < -0.4 is 5.01 Å². The van der Waals surface area contributed by atoms with Crippen molar-refractivity contribution in [3.05, 3.63) is 60.2 Å². The Labute approximate surface area is 195 Å². The summed E-state index contributed by atoms with van der Waals surface area (Å²) in [6, 6.07) is 13.1. The van der Waals surface area contributed by atoms with Crippen LogP contribution in [0.3, 0.4) is 0 Å². The van der Waals surface area contributed by atoms with E-state index in [1.54, 1.807) is 44.2 Å².